The summed E-state index contributed by atoms with van der Waals surface area (Å²) < 4.78 is 5.89. The molecule has 2 aromatic carbocycles. The van der Waals surface area contributed by atoms with Gasteiger partial charge in [-0.15, -0.1) is 0 Å². The van der Waals surface area contributed by atoms with Crippen LogP contribution in [0.15, 0.2) is 42.5 Å². The van der Waals surface area contributed by atoms with E-state index in [1.165, 1.54) is 18.2 Å². The highest BCUT2D eigenvalue weighted by Gasteiger charge is 2.22. The van der Waals surface area contributed by atoms with Crippen LogP contribution in [0.2, 0.25) is 0 Å². The van der Waals surface area contributed by atoms with E-state index in [-0.39, 0.29) is 5.91 Å². The lowest BCUT2D eigenvalue weighted by Gasteiger charge is -2.24. The zero-order chi connectivity index (χ0) is 15.4. The first-order valence-corrected chi connectivity index (χ1v) is 8.18. The molecule has 0 radical (unpaired) electrons. The van der Waals surface area contributed by atoms with Crippen molar-refractivity contribution in [3.63, 3.8) is 0 Å². The number of fused-ring (bicyclic) bond motifs is 1. The van der Waals surface area contributed by atoms with Crippen molar-refractivity contribution in [3.8, 4) is 5.75 Å². The molecular weight excluding hydrogens is 274 g/mol. The Kier molecular flexibility index (Phi) is 4.62. The van der Waals surface area contributed by atoms with Crippen LogP contribution in [0.3, 0.4) is 0 Å². The molecule has 1 fully saturated rings. The van der Waals surface area contributed by atoms with Gasteiger partial charge in [0.25, 0.3) is 5.91 Å². The van der Waals surface area contributed by atoms with E-state index in [2.05, 4.69) is 12.1 Å². The highest BCUT2D eigenvalue weighted by Crippen LogP contribution is 2.22. The van der Waals surface area contributed by atoms with Crippen LogP contribution in [-0.2, 0) is 4.79 Å². The Morgan fingerprint density at radius 2 is 1.68 bits per heavy atom. The Labute approximate surface area is 131 Å². The SMILES string of the molecule is CC(Oc1ccc2ccccc2c1)C(=O)N1CCCCCC1. The van der Waals surface area contributed by atoms with E-state index in [0.29, 0.717) is 0 Å². The summed E-state index contributed by atoms with van der Waals surface area (Å²) in [6, 6.07) is 14.1. The van der Waals surface area contributed by atoms with Gasteiger partial charge in [0, 0.05) is 13.1 Å². The van der Waals surface area contributed by atoms with Gasteiger partial charge in [-0.1, -0.05) is 43.2 Å². The van der Waals surface area contributed by atoms with Gasteiger partial charge in [-0.25, -0.2) is 0 Å². The van der Waals surface area contributed by atoms with Gasteiger partial charge >= 0.3 is 0 Å². The molecule has 1 aliphatic heterocycles. The van der Waals surface area contributed by atoms with Crippen LogP contribution in [0.1, 0.15) is 32.6 Å². The minimum absolute atomic E-state index is 0.107. The number of rotatable bonds is 3. The molecule has 0 saturated carbocycles. The van der Waals surface area contributed by atoms with Crippen LogP contribution in [0.25, 0.3) is 10.8 Å². The molecule has 1 heterocycles. The minimum Gasteiger partial charge on any atom is -0.481 e. The molecule has 0 bridgehead atoms. The standard InChI is InChI=1S/C19H23NO2/c1-15(19(21)20-12-6-2-3-7-13-20)22-18-11-10-16-8-4-5-9-17(16)14-18/h4-5,8-11,14-15H,2-3,6-7,12-13H2,1H3. The summed E-state index contributed by atoms with van der Waals surface area (Å²) in [6.07, 6.45) is 4.23. The topological polar surface area (TPSA) is 29.5 Å². The maximum absolute atomic E-state index is 12.5. The molecule has 1 atom stereocenters. The number of carbonyl (C=O) groups excluding carboxylic acids is 1. The van der Waals surface area contributed by atoms with Gasteiger partial charge in [0.05, 0.1) is 0 Å². The average Bonchev–Trinajstić information content (AvgIpc) is 2.83. The monoisotopic (exact) mass is 297 g/mol. The molecular formula is C19H23NO2. The van der Waals surface area contributed by atoms with Gasteiger partial charge in [0.15, 0.2) is 6.10 Å². The summed E-state index contributed by atoms with van der Waals surface area (Å²) in [5.74, 6) is 0.865. The summed E-state index contributed by atoms with van der Waals surface area (Å²) in [5.41, 5.74) is 0. The molecule has 116 valence electrons. The average molecular weight is 297 g/mol. The zero-order valence-corrected chi connectivity index (χ0v) is 13.1. The third-order valence-electron chi connectivity index (χ3n) is 4.30. The molecule has 1 amide bonds. The van der Waals surface area contributed by atoms with Crippen molar-refractivity contribution in [3.05, 3.63) is 42.5 Å². The summed E-state index contributed by atoms with van der Waals surface area (Å²) in [5, 5.41) is 2.32. The van der Waals surface area contributed by atoms with Crippen molar-refractivity contribution >= 4 is 16.7 Å². The maximum Gasteiger partial charge on any atom is 0.263 e. The number of hydrogen-bond acceptors (Lipinski definition) is 2. The third kappa shape index (κ3) is 3.41. The Morgan fingerprint density at radius 3 is 2.41 bits per heavy atom. The van der Waals surface area contributed by atoms with Crippen molar-refractivity contribution in [1.29, 1.82) is 0 Å². The molecule has 3 rings (SSSR count). The first-order valence-electron chi connectivity index (χ1n) is 8.18. The summed E-state index contributed by atoms with van der Waals surface area (Å²) >= 11 is 0. The van der Waals surface area contributed by atoms with Gasteiger partial charge < -0.3 is 9.64 Å². The molecule has 0 N–H and O–H groups in total. The Balaban J connectivity index is 1.68. The highest BCUT2D eigenvalue weighted by molar-refractivity contribution is 5.84. The minimum atomic E-state index is -0.431. The van der Waals surface area contributed by atoms with E-state index < -0.39 is 6.10 Å². The van der Waals surface area contributed by atoms with E-state index in [4.69, 9.17) is 4.74 Å². The molecule has 3 nitrogen and oxygen atoms in total. The first-order chi connectivity index (χ1) is 10.7. The third-order valence-corrected chi connectivity index (χ3v) is 4.30. The predicted octanol–water partition coefficient (Wildman–Crippen LogP) is 4.01. The number of nitrogens with zero attached hydrogens (tertiary/aromatic N) is 1. The van der Waals surface area contributed by atoms with E-state index in [1.807, 2.05) is 42.2 Å². The lowest BCUT2D eigenvalue weighted by molar-refractivity contribution is -0.137. The molecule has 2 aromatic rings. The second-order valence-corrected chi connectivity index (χ2v) is 6.01. The highest BCUT2D eigenvalue weighted by atomic mass is 16.5. The molecule has 22 heavy (non-hydrogen) atoms. The summed E-state index contributed by atoms with van der Waals surface area (Å²) in [6.45, 7) is 3.58. The van der Waals surface area contributed by atoms with Gasteiger partial charge in [-0.2, -0.15) is 0 Å². The van der Waals surface area contributed by atoms with Crippen LogP contribution in [0.4, 0.5) is 0 Å². The molecule has 1 aliphatic rings. The van der Waals surface area contributed by atoms with Crippen molar-refractivity contribution in [1.82, 2.24) is 4.90 Å². The lowest BCUT2D eigenvalue weighted by Crippen LogP contribution is -2.40. The van der Waals surface area contributed by atoms with Gasteiger partial charge in [0.2, 0.25) is 0 Å². The van der Waals surface area contributed by atoms with Crippen molar-refractivity contribution < 1.29 is 9.53 Å². The predicted molar refractivity (Wildman–Crippen MR) is 89.1 cm³/mol. The van der Waals surface area contributed by atoms with E-state index in [1.54, 1.807) is 0 Å². The fourth-order valence-corrected chi connectivity index (χ4v) is 3.04. The number of benzene rings is 2. The zero-order valence-electron chi connectivity index (χ0n) is 13.1. The second kappa shape index (κ2) is 6.82. The van der Waals surface area contributed by atoms with Crippen LogP contribution >= 0.6 is 0 Å². The van der Waals surface area contributed by atoms with E-state index in [0.717, 1.165) is 37.1 Å². The van der Waals surface area contributed by atoms with Crippen LogP contribution in [-0.4, -0.2) is 30.0 Å². The van der Waals surface area contributed by atoms with Crippen LogP contribution in [0, 0.1) is 0 Å². The number of likely N-dealkylation sites (tertiary alicyclic amines) is 1. The smallest absolute Gasteiger partial charge is 0.263 e. The summed E-state index contributed by atoms with van der Waals surface area (Å²) in [7, 11) is 0. The van der Waals surface area contributed by atoms with Crippen molar-refractivity contribution in [2.75, 3.05) is 13.1 Å². The molecule has 3 heteroatoms. The summed E-state index contributed by atoms with van der Waals surface area (Å²) in [4.78, 5) is 14.5. The lowest BCUT2D eigenvalue weighted by atomic mass is 10.1. The van der Waals surface area contributed by atoms with E-state index in [9.17, 15) is 4.79 Å². The number of ether oxygens (including phenoxy) is 1. The number of carbonyl (C=O) groups is 1. The normalized spacial score (nSPS) is 17.0. The van der Waals surface area contributed by atoms with Crippen LogP contribution < -0.4 is 4.74 Å². The van der Waals surface area contributed by atoms with Gasteiger partial charge in [-0.05, 0) is 42.7 Å². The first kappa shape index (κ1) is 14.9. The van der Waals surface area contributed by atoms with Crippen molar-refractivity contribution in [2.45, 2.75) is 38.7 Å². The molecule has 0 aliphatic carbocycles. The Hall–Kier alpha value is -2.03. The largest absolute Gasteiger partial charge is 0.481 e. The quantitative estimate of drug-likeness (QED) is 0.856. The fourth-order valence-electron chi connectivity index (χ4n) is 3.04. The van der Waals surface area contributed by atoms with Crippen LogP contribution in [0.5, 0.6) is 5.75 Å². The Morgan fingerprint density at radius 1 is 1.00 bits per heavy atom. The van der Waals surface area contributed by atoms with Crippen molar-refractivity contribution in [2.24, 2.45) is 0 Å². The van der Waals surface area contributed by atoms with Gasteiger partial charge in [-0.3, -0.25) is 4.79 Å². The molecule has 0 aromatic heterocycles. The Bertz CT molecular complexity index is 645. The molecule has 1 saturated heterocycles. The number of amides is 1. The van der Waals surface area contributed by atoms with Gasteiger partial charge in [0.1, 0.15) is 5.75 Å². The molecule has 1 unspecified atom stereocenters. The number of hydrogen-bond donors (Lipinski definition) is 0. The second-order valence-electron chi connectivity index (χ2n) is 6.01. The van der Waals surface area contributed by atoms with E-state index >= 15 is 0 Å². The fraction of sp³-hybridized carbons (Fsp3) is 0.421. The molecule has 0 spiro atoms. The maximum atomic E-state index is 12.5.